The number of likely N-dealkylation sites (tertiary alicyclic amines) is 2. The zero-order chi connectivity index (χ0) is 21.3. The summed E-state index contributed by atoms with van der Waals surface area (Å²) in [6.45, 7) is 2.20. The van der Waals surface area contributed by atoms with Crippen LogP contribution in [0.4, 0.5) is 0 Å². The van der Waals surface area contributed by atoms with Gasteiger partial charge < -0.3 is 19.3 Å². The summed E-state index contributed by atoms with van der Waals surface area (Å²) >= 11 is 0. The molecule has 30 heavy (non-hydrogen) atoms. The topological polar surface area (TPSA) is 76.9 Å². The zero-order valence-electron chi connectivity index (χ0n) is 17.8. The van der Waals surface area contributed by atoms with Crippen molar-refractivity contribution in [2.45, 2.75) is 25.8 Å². The number of amides is 2. The van der Waals surface area contributed by atoms with Gasteiger partial charge in [-0.2, -0.15) is 5.10 Å². The smallest absolute Gasteiger partial charge is 0.274 e. The SMILES string of the molecule is COc1cccc(CN2CCCC3(CCN(C(=O)c4ccn(C)n4)C3)C2=O)c1OC. The second-order valence-electron chi connectivity index (χ2n) is 8.11. The van der Waals surface area contributed by atoms with Gasteiger partial charge in [-0.1, -0.05) is 12.1 Å². The van der Waals surface area contributed by atoms with Crippen LogP contribution in [0, 0.1) is 5.41 Å². The Balaban J connectivity index is 1.51. The van der Waals surface area contributed by atoms with Crippen molar-refractivity contribution in [1.82, 2.24) is 19.6 Å². The van der Waals surface area contributed by atoms with Gasteiger partial charge in [0.15, 0.2) is 11.5 Å². The Hall–Kier alpha value is -3.03. The van der Waals surface area contributed by atoms with Crippen LogP contribution in [-0.2, 0) is 18.4 Å². The van der Waals surface area contributed by atoms with Gasteiger partial charge in [0.25, 0.3) is 5.91 Å². The average molecular weight is 412 g/mol. The molecule has 8 nitrogen and oxygen atoms in total. The fourth-order valence-electron chi connectivity index (χ4n) is 4.70. The van der Waals surface area contributed by atoms with Crippen LogP contribution >= 0.6 is 0 Å². The summed E-state index contributed by atoms with van der Waals surface area (Å²) in [4.78, 5) is 30.0. The van der Waals surface area contributed by atoms with Crippen molar-refractivity contribution in [2.24, 2.45) is 12.5 Å². The Morgan fingerprint density at radius 1 is 1.17 bits per heavy atom. The highest BCUT2D eigenvalue weighted by atomic mass is 16.5. The van der Waals surface area contributed by atoms with Crippen LogP contribution in [0.25, 0.3) is 0 Å². The van der Waals surface area contributed by atoms with Crippen LogP contribution in [0.5, 0.6) is 11.5 Å². The Labute approximate surface area is 176 Å². The van der Waals surface area contributed by atoms with Crippen LogP contribution in [0.2, 0.25) is 0 Å². The quantitative estimate of drug-likeness (QED) is 0.752. The number of carbonyl (C=O) groups is 2. The molecule has 2 aromatic rings. The van der Waals surface area contributed by atoms with Crippen molar-refractivity contribution in [3.63, 3.8) is 0 Å². The summed E-state index contributed by atoms with van der Waals surface area (Å²) in [7, 11) is 5.00. The molecule has 1 aromatic heterocycles. The maximum atomic E-state index is 13.5. The van der Waals surface area contributed by atoms with E-state index in [-0.39, 0.29) is 11.8 Å². The van der Waals surface area contributed by atoms with Gasteiger partial charge in [-0.3, -0.25) is 14.3 Å². The molecular weight excluding hydrogens is 384 g/mol. The predicted molar refractivity (Wildman–Crippen MR) is 110 cm³/mol. The Kier molecular flexibility index (Phi) is 5.40. The molecule has 0 radical (unpaired) electrons. The molecule has 2 amide bonds. The highest BCUT2D eigenvalue weighted by Crippen LogP contribution is 2.41. The lowest BCUT2D eigenvalue weighted by atomic mass is 9.78. The van der Waals surface area contributed by atoms with E-state index in [1.54, 1.807) is 43.1 Å². The molecule has 160 valence electrons. The van der Waals surface area contributed by atoms with Crippen LogP contribution < -0.4 is 9.47 Å². The van der Waals surface area contributed by atoms with E-state index in [9.17, 15) is 9.59 Å². The number of hydrogen-bond donors (Lipinski definition) is 0. The first-order valence-electron chi connectivity index (χ1n) is 10.3. The van der Waals surface area contributed by atoms with Crippen molar-refractivity contribution in [3.8, 4) is 11.5 Å². The van der Waals surface area contributed by atoms with Gasteiger partial charge in [-0.15, -0.1) is 0 Å². The van der Waals surface area contributed by atoms with Gasteiger partial charge in [0.1, 0.15) is 5.69 Å². The lowest BCUT2D eigenvalue weighted by molar-refractivity contribution is -0.146. The fourth-order valence-corrected chi connectivity index (χ4v) is 4.70. The van der Waals surface area contributed by atoms with E-state index in [1.807, 2.05) is 23.1 Å². The molecule has 2 aliphatic rings. The van der Waals surface area contributed by atoms with Gasteiger partial charge >= 0.3 is 0 Å². The lowest BCUT2D eigenvalue weighted by Gasteiger charge is -2.39. The van der Waals surface area contributed by atoms with Crippen LogP contribution in [0.1, 0.15) is 35.3 Å². The largest absolute Gasteiger partial charge is 0.493 e. The van der Waals surface area contributed by atoms with E-state index in [0.717, 1.165) is 18.4 Å². The number of methoxy groups -OCH3 is 2. The summed E-state index contributed by atoms with van der Waals surface area (Å²) in [5.41, 5.74) is 0.840. The van der Waals surface area contributed by atoms with E-state index < -0.39 is 5.41 Å². The molecule has 0 bridgehead atoms. The molecule has 1 atom stereocenters. The number of benzene rings is 1. The molecule has 2 saturated heterocycles. The fraction of sp³-hybridized carbons (Fsp3) is 0.500. The first-order valence-corrected chi connectivity index (χ1v) is 10.3. The molecule has 1 aromatic carbocycles. The molecule has 8 heteroatoms. The molecule has 3 heterocycles. The number of nitrogens with zero attached hydrogens (tertiary/aromatic N) is 4. The van der Waals surface area contributed by atoms with Crippen molar-refractivity contribution in [1.29, 1.82) is 0 Å². The molecule has 2 fully saturated rings. The van der Waals surface area contributed by atoms with Crippen LogP contribution in [-0.4, -0.2) is 65.2 Å². The Morgan fingerprint density at radius 3 is 2.70 bits per heavy atom. The number of carbonyl (C=O) groups excluding carboxylic acids is 2. The normalized spacial score (nSPS) is 21.4. The molecule has 0 saturated carbocycles. The Morgan fingerprint density at radius 2 is 2.00 bits per heavy atom. The predicted octanol–water partition coefficient (Wildman–Crippen LogP) is 2.09. The highest BCUT2D eigenvalue weighted by molar-refractivity contribution is 5.93. The molecule has 1 unspecified atom stereocenters. The number of ether oxygens (including phenoxy) is 2. The Bertz CT molecular complexity index is 956. The summed E-state index contributed by atoms with van der Waals surface area (Å²) in [5, 5.41) is 4.22. The van der Waals surface area contributed by atoms with Crippen molar-refractivity contribution < 1.29 is 19.1 Å². The first-order chi connectivity index (χ1) is 14.5. The molecule has 0 N–H and O–H groups in total. The second kappa shape index (κ2) is 8.01. The molecule has 1 spiro atoms. The number of piperidine rings is 1. The van der Waals surface area contributed by atoms with E-state index >= 15 is 0 Å². The third-order valence-corrected chi connectivity index (χ3v) is 6.24. The zero-order valence-corrected chi connectivity index (χ0v) is 17.8. The minimum absolute atomic E-state index is 0.105. The summed E-state index contributed by atoms with van der Waals surface area (Å²) in [5.74, 6) is 1.33. The van der Waals surface area contributed by atoms with E-state index in [1.165, 1.54) is 0 Å². The number of aryl methyl sites for hydroxylation is 1. The number of hydrogen-bond acceptors (Lipinski definition) is 5. The van der Waals surface area contributed by atoms with Gasteiger partial charge in [0, 0.05) is 45.0 Å². The molecular formula is C22H28N4O4. The molecule has 2 aliphatic heterocycles. The molecule has 0 aliphatic carbocycles. The standard InChI is InChI=1S/C22H28N4O4/c1-24-12-8-17(23-24)20(27)26-13-10-22(15-26)9-5-11-25(21(22)28)14-16-6-4-7-18(29-2)19(16)30-3/h4,6-8,12H,5,9-11,13-15H2,1-3H3. The average Bonchev–Trinajstić information content (AvgIpc) is 3.38. The third kappa shape index (κ3) is 3.51. The number of aromatic nitrogens is 2. The summed E-state index contributed by atoms with van der Waals surface area (Å²) < 4.78 is 12.5. The van der Waals surface area contributed by atoms with Crippen molar-refractivity contribution in [2.75, 3.05) is 33.9 Å². The van der Waals surface area contributed by atoms with Gasteiger partial charge in [-0.25, -0.2) is 0 Å². The third-order valence-electron chi connectivity index (χ3n) is 6.24. The van der Waals surface area contributed by atoms with E-state index in [2.05, 4.69) is 5.10 Å². The maximum absolute atomic E-state index is 13.5. The number of rotatable bonds is 5. The monoisotopic (exact) mass is 412 g/mol. The summed E-state index contributed by atoms with van der Waals surface area (Å²) in [6.07, 6.45) is 4.18. The lowest BCUT2D eigenvalue weighted by Crippen LogP contribution is -2.50. The van der Waals surface area contributed by atoms with E-state index in [0.29, 0.717) is 49.8 Å². The maximum Gasteiger partial charge on any atom is 0.274 e. The second-order valence-corrected chi connectivity index (χ2v) is 8.11. The van der Waals surface area contributed by atoms with E-state index in [4.69, 9.17) is 9.47 Å². The first kappa shape index (κ1) is 20.3. The summed E-state index contributed by atoms with van der Waals surface area (Å²) in [6, 6.07) is 7.43. The van der Waals surface area contributed by atoms with Gasteiger partial charge in [0.05, 0.1) is 19.6 Å². The van der Waals surface area contributed by atoms with Crippen molar-refractivity contribution >= 4 is 11.8 Å². The number of para-hydroxylation sites is 1. The van der Waals surface area contributed by atoms with Crippen LogP contribution in [0.3, 0.4) is 0 Å². The van der Waals surface area contributed by atoms with Crippen LogP contribution in [0.15, 0.2) is 30.5 Å². The minimum atomic E-state index is -0.505. The molecule has 4 rings (SSSR count). The van der Waals surface area contributed by atoms with Gasteiger partial charge in [-0.05, 0) is 31.4 Å². The highest BCUT2D eigenvalue weighted by Gasteiger charge is 2.49. The minimum Gasteiger partial charge on any atom is -0.493 e. The van der Waals surface area contributed by atoms with Gasteiger partial charge in [0.2, 0.25) is 5.91 Å². The van der Waals surface area contributed by atoms with Crippen molar-refractivity contribution in [3.05, 3.63) is 41.7 Å².